The molecule has 0 saturated heterocycles. The molecule has 24 heavy (non-hydrogen) atoms. The Morgan fingerprint density at radius 2 is 1.08 bits per heavy atom. The number of benzene rings is 1. The van der Waals surface area contributed by atoms with E-state index in [0.29, 0.717) is 0 Å². The largest absolute Gasteiger partial charge is 0.137 e. The molecule has 4 rings (SSSR count). The summed E-state index contributed by atoms with van der Waals surface area (Å²) in [6.07, 6.45) is 0. The Morgan fingerprint density at radius 3 is 1.62 bits per heavy atom. The first-order chi connectivity index (χ1) is 11.9. The van der Waals surface area contributed by atoms with Gasteiger partial charge in [-0.05, 0) is 52.5 Å². The lowest BCUT2D eigenvalue weighted by Gasteiger charge is -2.09. The van der Waals surface area contributed by atoms with Gasteiger partial charge in [0, 0.05) is 14.7 Å². The number of hydrogen-bond acceptors (Lipinski definition) is 6. The highest BCUT2D eigenvalue weighted by atomic mass is 32.2. The zero-order valence-electron chi connectivity index (χ0n) is 12.4. The maximum Gasteiger partial charge on any atom is 0.0646 e. The van der Waals surface area contributed by atoms with E-state index in [0.717, 1.165) is 0 Å². The molecule has 120 valence electrons. The van der Waals surface area contributed by atoms with Gasteiger partial charge in [0.15, 0.2) is 0 Å². The lowest BCUT2D eigenvalue weighted by atomic mass is 10.4. The van der Waals surface area contributed by atoms with Crippen LogP contribution >= 0.6 is 69.3 Å². The Morgan fingerprint density at radius 1 is 0.542 bits per heavy atom. The maximum atomic E-state index is 2.32. The van der Waals surface area contributed by atoms with Crippen molar-refractivity contribution in [2.24, 2.45) is 0 Å². The summed E-state index contributed by atoms with van der Waals surface area (Å²) in [5.74, 6) is 0. The summed E-state index contributed by atoms with van der Waals surface area (Å²) in [5.41, 5.74) is 0. The van der Waals surface area contributed by atoms with Crippen LogP contribution in [0, 0.1) is 0 Å². The SMILES string of the molecule is c1csc(Sc2ccc(Sc3cccs3)c(Sc3cccs3)c2)c1. The first kappa shape index (κ1) is 16.8. The lowest BCUT2D eigenvalue weighted by molar-refractivity contribution is 1.19. The quantitative estimate of drug-likeness (QED) is 0.308. The first-order valence-electron chi connectivity index (χ1n) is 7.15. The van der Waals surface area contributed by atoms with E-state index in [2.05, 4.69) is 70.7 Å². The molecular weight excluding hydrogens is 409 g/mol. The van der Waals surface area contributed by atoms with Gasteiger partial charge >= 0.3 is 0 Å². The van der Waals surface area contributed by atoms with E-state index in [1.54, 1.807) is 34.0 Å². The van der Waals surface area contributed by atoms with Crippen molar-refractivity contribution in [1.29, 1.82) is 0 Å². The second-order valence-corrected chi connectivity index (χ2v) is 11.6. The van der Waals surface area contributed by atoms with Gasteiger partial charge in [-0.3, -0.25) is 0 Å². The molecule has 0 spiro atoms. The fourth-order valence-electron chi connectivity index (χ4n) is 2.01. The minimum atomic E-state index is 1.30. The van der Waals surface area contributed by atoms with Crippen molar-refractivity contribution >= 4 is 69.3 Å². The summed E-state index contributed by atoms with van der Waals surface area (Å²) in [6, 6.07) is 19.7. The fourth-order valence-corrected chi connectivity index (χ4v) is 7.66. The third-order valence-electron chi connectivity index (χ3n) is 3.04. The highest BCUT2D eigenvalue weighted by molar-refractivity contribution is 8.04. The molecule has 0 radical (unpaired) electrons. The van der Waals surface area contributed by atoms with E-state index >= 15 is 0 Å². The molecule has 0 aliphatic carbocycles. The van der Waals surface area contributed by atoms with Crippen LogP contribution < -0.4 is 0 Å². The van der Waals surface area contributed by atoms with Gasteiger partial charge < -0.3 is 0 Å². The van der Waals surface area contributed by atoms with Gasteiger partial charge in [0.2, 0.25) is 0 Å². The van der Waals surface area contributed by atoms with E-state index in [9.17, 15) is 0 Å². The van der Waals surface area contributed by atoms with Crippen molar-refractivity contribution < 1.29 is 0 Å². The minimum Gasteiger partial charge on any atom is -0.137 e. The molecule has 0 aliphatic rings. The van der Waals surface area contributed by atoms with Gasteiger partial charge in [-0.15, -0.1) is 34.0 Å². The lowest BCUT2D eigenvalue weighted by Crippen LogP contribution is -1.80. The van der Waals surface area contributed by atoms with Crippen LogP contribution in [0.3, 0.4) is 0 Å². The molecule has 3 aromatic heterocycles. The normalized spacial score (nSPS) is 11.0. The highest BCUT2D eigenvalue weighted by Crippen LogP contribution is 2.44. The van der Waals surface area contributed by atoms with E-state index in [-0.39, 0.29) is 0 Å². The van der Waals surface area contributed by atoms with Crippen molar-refractivity contribution in [2.45, 2.75) is 27.3 Å². The predicted octanol–water partition coefficient (Wildman–Crippen LogP) is 8.32. The average molecular weight is 421 g/mol. The van der Waals surface area contributed by atoms with Crippen LogP contribution in [0.15, 0.2) is 98.1 Å². The topological polar surface area (TPSA) is 0 Å². The molecule has 0 aliphatic heterocycles. The smallest absolute Gasteiger partial charge is 0.0646 e. The summed E-state index contributed by atoms with van der Waals surface area (Å²) >= 11 is 10.9. The van der Waals surface area contributed by atoms with E-state index in [1.807, 2.05) is 35.3 Å². The van der Waals surface area contributed by atoms with Crippen LogP contribution in [0.1, 0.15) is 0 Å². The zero-order chi connectivity index (χ0) is 16.2. The van der Waals surface area contributed by atoms with Gasteiger partial charge in [-0.25, -0.2) is 0 Å². The number of hydrogen-bond donors (Lipinski definition) is 0. The number of rotatable bonds is 6. The molecule has 0 saturated carbocycles. The van der Waals surface area contributed by atoms with Gasteiger partial charge in [0.1, 0.15) is 0 Å². The molecule has 1 aromatic carbocycles. The molecule has 0 unspecified atom stereocenters. The van der Waals surface area contributed by atoms with Gasteiger partial charge in [0.05, 0.1) is 12.6 Å². The third kappa shape index (κ3) is 4.31. The second kappa shape index (κ2) is 8.17. The Labute approximate surface area is 166 Å². The molecule has 0 amide bonds. The summed E-state index contributed by atoms with van der Waals surface area (Å²) in [7, 11) is 0. The van der Waals surface area contributed by atoms with Gasteiger partial charge in [-0.1, -0.05) is 53.5 Å². The Balaban J connectivity index is 1.64. The van der Waals surface area contributed by atoms with Crippen LogP contribution in [0.2, 0.25) is 0 Å². The van der Waals surface area contributed by atoms with E-state index < -0.39 is 0 Å². The van der Waals surface area contributed by atoms with E-state index in [4.69, 9.17) is 0 Å². The first-order valence-corrected chi connectivity index (χ1v) is 12.2. The van der Waals surface area contributed by atoms with Crippen molar-refractivity contribution in [3.8, 4) is 0 Å². The molecule has 0 fully saturated rings. The van der Waals surface area contributed by atoms with Crippen LogP contribution in [0.25, 0.3) is 0 Å². The average Bonchev–Trinajstić information content (AvgIpc) is 3.33. The monoisotopic (exact) mass is 420 g/mol. The molecule has 0 N–H and O–H groups in total. The summed E-state index contributed by atoms with van der Waals surface area (Å²) in [5, 5.41) is 6.40. The van der Waals surface area contributed by atoms with Crippen molar-refractivity contribution in [3.05, 3.63) is 70.7 Å². The molecule has 4 aromatic rings. The van der Waals surface area contributed by atoms with Gasteiger partial charge in [-0.2, -0.15) is 0 Å². The Hall–Kier alpha value is -0.630. The fraction of sp³-hybridized carbons (Fsp3) is 0. The predicted molar refractivity (Wildman–Crippen MR) is 112 cm³/mol. The van der Waals surface area contributed by atoms with Gasteiger partial charge in [0.25, 0.3) is 0 Å². The summed E-state index contributed by atoms with van der Waals surface area (Å²) in [4.78, 5) is 3.95. The standard InChI is InChI=1S/C18H12S6/c1-4-16(19-9-1)22-13-7-8-14(23-17-5-2-10-20-17)15(12-13)24-18-6-3-11-21-18/h1-12H. The molecular formula is C18H12S6. The molecule has 0 bridgehead atoms. The molecule has 3 heterocycles. The Bertz CT molecular complexity index is 876. The van der Waals surface area contributed by atoms with Crippen molar-refractivity contribution in [2.75, 3.05) is 0 Å². The minimum absolute atomic E-state index is 1.30. The van der Waals surface area contributed by atoms with Crippen LogP contribution in [-0.2, 0) is 0 Å². The highest BCUT2D eigenvalue weighted by Gasteiger charge is 2.10. The van der Waals surface area contributed by atoms with Crippen LogP contribution in [0.4, 0.5) is 0 Å². The van der Waals surface area contributed by atoms with Crippen LogP contribution in [-0.4, -0.2) is 0 Å². The van der Waals surface area contributed by atoms with Crippen molar-refractivity contribution in [3.63, 3.8) is 0 Å². The zero-order valence-corrected chi connectivity index (χ0v) is 17.3. The van der Waals surface area contributed by atoms with Crippen molar-refractivity contribution in [1.82, 2.24) is 0 Å². The van der Waals surface area contributed by atoms with E-state index in [1.165, 1.54) is 27.3 Å². The maximum absolute atomic E-state index is 2.32. The van der Waals surface area contributed by atoms with Crippen LogP contribution in [0.5, 0.6) is 0 Å². The Kier molecular flexibility index (Phi) is 5.72. The second-order valence-electron chi connectivity index (χ2n) is 4.71. The third-order valence-corrected chi connectivity index (χ3v) is 9.41. The molecule has 0 atom stereocenters. The summed E-state index contributed by atoms with van der Waals surface area (Å²) < 4.78 is 4.00. The number of thiophene rings is 3. The molecule has 6 heteroatoms. The molecule has 0 nitrogen and oxygen atoms in total. The summed E-state index contributed by atoms with van der Waals surface area (Å²) in [6.45, 7) is 0.